The van der Waals surface area contributed by atoms with Gasteiger partial charge in [0.2, 0.25) is 11.8 Å². The number of rotatable bonds is 5. The Balaban J connectivity index is 1.32. The summed E-state index contributed by atoms with van der Waals surface area (Å²) < 4.78 is 11.6. The smallest absolute Gasteiger partial charge is 0.248 e. The molecule has 0 bridgehead atoms. The summed E-state index contributed by atoms with van der Waals surface area (Å²) in [6.45, 7) is 0. The Labute approximate surface area is 189 Å². The monoisotopic (exact) mass is 440 g/mol. The van der Waals surface area contributed by atoms with E-state index in [-0.39, 0.29) is 5.91 Å². The van der Waals surface area contributed by atoms with E-state index in [2.05, 4.69) is 10.3 Å². The molecule has 0 aliphatic carbocycles. The molecule has 2 aromatic heterocycles. The lowest BCUT2D eigenvalue weighted by atomic mass is 10.2. The highest BCUT2D eigenvalue weighted by Gasteiger charge is 2.11. The van der Waals surface area contributed by atoms with Crippen LogP contribution in [0.4, 0.5) is 5.69 Å². The number of para-hydroxylation sites is 2. The fraction of sp³-hybridized carbons (Fsp3) is 0. The third kappa shape index (κ3) is 4.19. The first-order valence-electron chi connectivity index (χ1n) is 9.95. The van der Waals surface area contributed by atoms with Crippen LogP contribution in [0.5, 0.6) is 0 Å². The van der Waals surface area contributed by atoms with E-state index in [1.54, 1.807) is 24.3 Å². The molecule has 1 amide bonds. The second-order valence-electron chi connectivity index (χ2n) is 7.07. The van der Waals surface area contributed by atoms with Crippen molar-refractivity contribution in [1.82, 2.24) is 4.98 Å². The normalized spacial score (nSPS) is 11.3. The Hall–Kier alpha value is -4.09. The van der Waals surface area contributed by atoms with Gasteiger partial charge in [0, 0.05) is 17.2 Å². The fourth-order valence-corrected chi connectivity index (χ4v) is 3.45. The van der Waals surface area contributed by atoms with E-state index in [1.165, 1.54) is 6.08 Å². The van der Waals surface area contributed by atoms with Gasteiger partial charge in [-0.3, -0.25) is 4.79 Å². The van der Waals surface area contributed by atoms with E-state index in [0.717, 1.165) is 16.8 Å². The molecule has 32 heavy (non-hydrogen) atoms. The first-order chi connectivity index (χ1) is 15.7. The molecule has 0 fully saturated rings. The number of anilines is 1. The van der Waals surface area contributed by atoms with Gasteiger partial charge in [-0.25, -0.2) is 4.98 Å². The molecule has 156 valence electrons. The minimum absolute atomic E-state index is 0.334. The molecule has 5 rings (SSSR count). The predicted molar refractivity (Wildman–Crippen MR) is 126 cm³/mol. The lowest BCUT2D eigenvalue weighted by Gasteiger charge is -2.06. The van der Waals surface area contributed by atoms with E-state index in [0.29, 0.717) is 33.5 Å². The first-order valence-corrected chi connectivity index (χ1v) is 10.3. The maximum absolute atomic E-state index is 12.5. The number of carbonyl (C=O) groups is 1. The average Bonchev–Trinajstić information content (AvgIpc) is 3.47. The number of halogens is 1. The summed E-state index contributed by atoms with van der Waals surface area (Å²) in [7, 11) is 0. The number of benzene rings is 3. The van der Waals surface area contributed by atoms with Gasteiger partial charge in [-0.1, -0.05) is 54.1 Å². The summed E-state index contributed by atoms with van der Waals surface area (Å²) in [4.78, 5) is 17.0. The quantitative estimate of drug-likeness (QED) is 0.297. The maximum atomic E-state index is 12.5. The van der Waals surface area contributed by atoms with E-state index < -0.39 is 0 Å². The van der Waals surface area contributed by atoms with E-state index in [4.69, 9.17) is 20.4 Å². The van der Waals surface area contributed by atoms with Crippen LogP contribution in [0.1, 0.15) is 5.76 Å². The van der Waals surface area contributed by atoms with Crippen molar-refractivity contribution in [3.63, 3.8) is 0 Å². The summed E-state index contributed by atoms with van der Waals surface area (Å²) in [5.41, 5.74) is 3.60. The first kappa shape index (κ1) is 19.8. The van der Waals surface area contributed by atoms with E-state index >= 15 is 0 Å². The van der Waals surface area contributed by atoms with E-state index in [9.17, 15) is 4.79 Å². The molecule has 0 radical (unpaired) electrons. The third-order valence-corrected chi connectivity index (χ3v) is 5.18. The van der Waals surface area contributed by atoms with Gasteiger partial charge in [-0.15, -0.1) is 0 Å². The molecule has 0 saturated heterocycles. The number of furan rings is 1. The van der Waals surface area contributed by atoms with Crippen molar-refractivity contribution >= 4 is 40.4 Å². The number of hydrogen-bond acceptors (Lipinski definition) is 4. The number of aromatic nitrogens is 1. The number of nitrogens with one attached hydrogen (secondary N) is 1. The molecule has 0 spiro atoms. The average molecular weight is 441 g/mol. The van der Waals surface area contributed by atoms with Crippen molar-refractivity contribution in [3.8, 4) is 22.8 Å². The van der Waals surface area contributed by atoms with Crippen LogP contribution in [0.3, 0.4) is 0 Å². The molecule has 0 aliphatic rings. The molecule has 1 N–H and O–H groups in total. The molecule has 5 nitrogen and oxygen atoms in total. The Kier molecular flexibility index (Phi) is 5.32. The zero-order valence-corrected chi connectivity index (χ0v) is 17.5. The second-order valence-corrected chi connectivity index (χ2v) is 7.48. The summed E-state index contributed by atoms with van der Waals surface area (Å²) in [6.07, 6.45) is 3.01. The van der Waals surface area contributed by atoms with Gasteiger partial charge in [-0.05, 0) is 48.5 Å². The minimum atomic E-state index is -0.334. The Morgan fingerprint density at radius 2 is 1.69 bits per heavy atom. The lowest BCUT2D eigenvalue weighted by Crippen LogP contribution is -2.08. The van der Waals surface area contributed by atoms with Crippen LogP contribution in [-0.2, 0) is 4.79 Å². The SMILES string of the molecule is O=C(C=Cc1ccc(-c2ccccc2)o1)Nc1cc(-c2nc3ccccc3o2)ccc1Cl. The molecular formula is C26H17ClN2O3. The number of carbonyl (C=O) groups excluding carboxylic acids is 1. The standard InChI is InChI=1S/C26H17ClN2O3/c27-20-13-10-18(26-29-21-8-4-5-9-24(21)32-26)16-22(20)28-25(30)15-12-19-11-14-23(31-19)17-6-2-1-3-7-17/h1-16H,(H,28,30). The highest BCUT2D eigenvalue weighted by molar-refractivity contribution is 6.34. The highest BCUT2D eigenvalue weighted by atomic mass is 35.5. The van der Waals surface area contributed by atoms with Crippen molar-refractivity contribution in [2.45, 2.75) is 0 Å². The molecule has 0 unspecified atom stereocenters. The third-order valence-electron chi connectivity index (χ3n) is 4.85. The van der Waals surface area contributed by atoms with Crippen molar-refractivity contribution in [2.75, 3.05) is 5.32 Å². The molecule has 2 heterocycles. The van der Waals surface area contributed by atoms with E-state index in [1.807, 2.05) is 66.7 Å². The predicted octanol–water partition coefficient (Wildman–Crippen LogP) is 7.06. The molecule has 0 saturated carbocycles. The van der Waals surface area contributed by atoms with Crippen LogP contribution < -0.4 is 5.32 Å². The van der Waals surface area contributed by atoms with Crippen molar-refractivity contribution in [2.24, 2.45) is 0 Å². The Bertz CT molecular complexity index is 1400. The van der Waals surface area contributed by atoms with Gasteiger partial charge >= 0.3 is 0 Å². The fourth-order valence-electron chi connectivity index (χ4n) is 3.28. The van der Waals surface area contributed by atoms with Crippen LogP contribution in [0, 0.1) is 0 Å². The summed E-state index contributed by atoms with van der Waals surface area (Å²) >= 11 is 6.29. The van der Waals surface area contributed by atoms with Crippen molar-refractivity contribution < 1.29 is 13.6 Å². The van der Waals surface area contributed by atoms with Gasteiger partial charge in [0.05, 0.1) is 10.7 Å². The van der Waals surface area contributed by atoms with Gasteiger partial charge in [-0.2, -0.15) is 0 Å². The Morgan fingerprint density at radius 3 is 2.53 bits per heavy atom. The number of oxazole rings is 1. The maximum Gasteiger partial charge on any atom is 0.248 e. The van der Waals surface area contributed by atoms with Crippen molar-refractivity contribution in [1.29, 1.82) is 0 Å². The van der Waals surface area contributed by atoms with Gasteiger partial charge in [0.25, 0.3) is 0 Å². The lowest BCUT2D eigenvalue weighted by molar-refractivity contribution is -0.111. The van der Waals surface area contributed by atoms with Gasteiger partial charge in [0.1, 0.15) is 17.0 Å². The topological polar surface area (TPSA) is 68.3 Å². The second kappa shape index (κ2) is 8.57. The van der Waals surface area contributed by atoms with Crippen molar-refractivity contribution in [3.05, 3.63) is 102 Å². The van der Waals surface area contributed by atoms with Crippen LogP contribution in [0.25, 0.3) is 40.0 Å². The summed E-state index contributed by atoms with van der Waals surface area (Å²) in [6, 6.07) is 26.2. The number of amides is 1. The minimum Gasteiger partial charge on any atom is -0.457 e. The van der Waals surface area contributed by atoms with Crippen LogP contribution in [0.2, 0.25) is 5.02 Å². The summed E-state index contributed by atoms with van der Waals surface area (Å²) in [5.74, 6) is 1.43. The molecule has 5 aromatic rings. The largest absolute Gasteiger partial charge is 0.457 e. The summed E-state index contributed by atoms with van der Waals surface area (Å²) in [5, 5.41) is 3.21. The molecule has 0 aliphatic heterocycles. The Morgan fingerprint density at radius 1 is 0.875 bits per heavy atom. The molecule has 3 aromatic carbocycles. The highest BCUT2D eigenvalue weighted by Crippen LogP contribution is 2.30. The number of nitrogens with zero attached hydrogens (tertiary/aromatic N) is 1. The van der Waals surface area contributed by atoms with Gasteiger partial charge in [0.15, 0.2) is 5.58 Å². The number of fused-ring (bicyclic) bond motifs is 1. The molecule has 0 atom stereocenters. The van der Waals surface area contributed by atoms with Gasteiger partial charge < -0.3 is 14.2 Å². The van der Waals surface area contributed by atoms with Crippen LogP contribution in [-0.4, -0.2) is 10.9 Å². The van der Waals surface area contributed by atoms with Crippen LogP contribution in [0.15, 0.2) is 99.8 Å². The zero-order chi connectivity index (χ0) is 21.9. The molecular weight excluding hydrogens is 424 g/mol. The van der Waals surface area contributed by atoms with Crippen LogP contribution >= 0.6 is 11.6 Å². The number of hydrogen-bond donors (Lipinski definition) is 1. The molecule has 6 heteroatoms. The zero-order valence-electron chi connectivity index (χ0n) is 16.8.